The number of ether oxygens (including phenoxy) is 2. The molecule has 0 aliphatic heterocycles. The molecule has 0 radical (unpaired) electrons. The quantitative estimate of drug-likeness (QED) is 0.300. The van der Waals surface area contributed by atoms with Crippen molar-refractivity contribution < 1.29 is 36.0 Å². The van der Waals surface area contributed by atoms with Gasteiger partial charge < -0.3 is 33.4 Å². The Morgan fingerprint density at radius 3 is 1.80 bits per heavy atom. The molecule has 0 heterocycles. The van der Waals surface area contributed by atoms with E-state index in [-0.39, 0.29) is 52.0 Å². The van der Waals surface area contributed by atoms with Crippen molar-refractivity contribution in [3.05, 3.63) is 74.5 Å². The summed E-state index contributed by atoms with van der Waals surface area (Å²) in [4.78, 5) is 22.4. The van der Waals surface area contributed by atoms with Crippen LogP contribution in [0, 0.1) is 6.92 Å². The molecule has 4 nitrogen and oxygen atoms in total. The number of hydrogen-bond acceptors (Lipinski definition) is 4. The maximum Gasteiger partial charge on any atom is 2.00 e. The molecule has 2 aromatic rings. The molecule has 0 fully saturated rings. The third-order valence-electron chi connectivity index (χ3n) is 3.70. The zero-order valence-corrected chi connectivity index (χ0v) is 24.2. The van der Waals surface area contributed by atoms with Gasteiger partial charge in [-0.15, -0.1) is 0 Å². The van der Waals surface area contributed by atoms with Gasteiger partial charge in [-0.3, -0.25) is 0 Å². The average molecular weight is 619 g/mol. The Balaban J connectivity index is -0.000000426. The minimum atomic E-state index is -0.339. The summed E-state index contributed by atoms with van der Waals surface area (Å²) in [5.74, 6) is -0.584. The first-order valence-corrected chi connectivity index (χ1v) is 10.4. The Kier molecular flexibility index (Phi) is 22.0. The van der Waals surface area contributed by atoms with Gasteiger partial charge in [0.05, 0.1) is 25.3 Å². The number of hydrogen-bond donors (Lipinski definition) is 0. The van der Waals surface area contributed by atoms with Gasteiger partial charge in [-0.2, -0.15) is 6.92 Å². The second kappa shape index (κ2) is 19.3. The molecule has 8 heteroatoms. The number of carbonyl (C=O) groups excluding carboxylic acids is 2. The number of carbonyl (C=O) groups is 2. The Morgan fingerprint density at radius 1 is 0.867 bits per heavy atom. The number of methoxy groups -OCH3 is 2. The van der Waals surface area contributed by atoms with E-state index < -0.39 is 0 Å². The SMILES string of the molecule is CCc1ccc(C(=O)OC)c(CC)c1.COC(=O)c1ccc(Br)cc1Br.[Br-].[CH2-]C.[Mg+2]. The summed E-state index contributed by atoms with van der Waals surface area (Å²) in [6.45, 7) is 9.15. The molecule has 2 aromatic carbocycles. The summed E-state index contributed by atoms with van der Waals surface area (Å²) in [7, 11) is 2.77. The Hall–Kier alpha value is -0.414. The van der Waals surface area contributed by atoms with Crippen LogP contribution in [-0.4, -0.2) is 49.2 Å². The van der Waals surface area contributed by atoms with Crippen LogP contribution in [-0.2, 0) is 22.3 Å². The standard InChI is InChI=1S/C12H16O2.C8H6Br2O2.C2H5.BrH.Mg/c1-4-9-6-7-11(12(13)14-3)10(5-2)8-9;1-12-8(11)6-3-2-5(9)4-7(6)10;1-2;;/h6-8H,4-5H2,1-3H3;2-4H,1H3;1H2,2H3;1H;/q;;-1;;+2/p-1. The maximum absolute atomic E-state index is 11.4. The largest absolute Gasteiger partial charge is 2.00 e. The van der Waals surface area contributed by atoms with Crippen LogP contribution >= 0.6 is 31.9 Å². The van der Waals surface area contributed by atoms with Gasteiger partial charge in [0.2, 0.25) is 0 Å². The van der Waals surface area contributed by atoms with Gasteiger partial charge >= 0.3 is 35.0 Å². The topological polar surface area (TPSA) is 52.6 Å². The fourth-order valence-electron chi connectivity index (χ4n) is 2.23. The average Bonchev–Trinajstić information content (AvgIpc) is 2.74. The maximum atomic E-state index is 11.4. The van der Waals surface area contributed by atoms with Crippen molar-refractivity contribution in [2.75, 3.05) is 14.2 Å². The first kappa shape index (κ1) is 34.2. The number of esters is 2. The first-order chi connectivity index (χ1) is 13.4. The van der Waals surface area contributed by atoms with Crippen molar-refractivity contribution in [3.8, 4) is 0 Å². The van der Waals surface area contributed by atoms with E-state index in [1.165, 1.54) is 19.8 Å². The predicted octanol–water partition coefficient (Wildman–Crippen LogP) is 3.06. The second-order valence-corrected chi connectivity index (χ2v) is 7.08. The summed E-state index contributed by atoms with van der Waals surface area (Å²) >= 11 is 6.54. The van der Waals surface area contributed by atoms with Crippen LogP contribution in [0.4, 0.5) is 0 Å². The number of rotatable bonds is 4. The van der Waals surface area contributed by atoms with Crippen LogP contribution < -0.4 is 17.0 Å². The van der Waals surface area contributed by atoms with Crippen molar-refractivity contribution in [1.82, 2.24) is 0 Å². The van der Waals surface area contributed by atoms with E-state index in [4.69, 9.17) is 4.74 Å². The van der Waals surface area contributed by atoms with E-state index in [9.17, 15) is 9.59 Å². The Labute approximate surface area is 223 Å². The molecule has 0 bridgehead atoms. The molecule has 0 saturated heterocycles. The molecule has 0 N–H and O–H groups in total. The molecule has 0 amide bonds. The summed E-state index contributed by atoms with van der Waals surface area (Å²) in [6, 6.07) is 11.2. The zero-order valence-electron chi connectivity index (χ0n) is 18.1. The summed E-state index contributed by atoms with van der Waals surface area (Å²) < 4.78 is 10.9. The molecule has 0 aliphatic rings. The van der Waals surface area contributed by atoms with Gasteiger partial charge in [-0.1, -0.05) is 41.9 Å². The summed E-state index contributed by atoms with van der Waals surface area (Å²) in [5.41, 5.74) is 3.54. The molecule has 0 aromatic heterocycles. The van der Waals surface area contributed by atoms with E-state index in [1.54, 1.807) is 25.1 Å². The molecular formula is C22H27Br3MgO4. The van der Waals surface area contributed by atoms with Crippen molar-refractivity contribution in [3.63, 3.8) is 0 Å². The smallest absolute Gasteiger partial charge is 1.00 e. The van der Waals surface area contributed by atoms with Crippen LogP contribution in [0.2, 0.25) is 0 Å². The molecule has 162 valence electrons. The molecule has 2 rings (SSSR count). The van der Waals surface area contributed by atoms with Gasteiger partial charge in [-0.25, -0.2) is 9.59 Å². The Bertz CT molecular complexity index is 783. The molecule has 0 unspecified atom stereocenters. The van der Waals surface area contributed by atoms with E-state index in [1.807, 2.05) is 19.1 Å². The normalized spacial score (nSPS) is 8.67. The van der Waals surface area contributed by atoms with Crippen molar-refractivity contribution in [1.29, 1.82) is 0 Å². The van der Waals surface area contributed by atoms with Crippen LogP contribution in [0.1, 0.15) is 52.6 Å². The number of halogens is 3. The van der Waals surface area contributed by atoms with Crippen LogP contribution in [0.15, 0.2) is 45.3 Å². The van der Waals surface area contributed by atoms with Gasteiger partial charge in [0, 0.05) is 8.95 Å². The van der Waals surface area contributed by atoms with E-state index >= 15 is 0 Å². The van der Waals surface area contributed by atoms with Crippen LogP contribution in [0.25, 0.3) is 0 Å². The second-order valence-electron chi connectivity index (χ2n) is 5.31. The molecular weight excluding hydrogens is 592 g/mol. The fraction of sp³-hybridized carbons (Fsp3) is 0.318. The Morgan fingerprint density at radius 2 is 1.37 bits per heavy atom. The van der Waals surface area contributed by atoms with Gasteiger partial charge in [0.25, 0.3) is 0 Å². The minimum absolute atomic E-state index is 0. The van der Waals surface area contributed by atoms with E-state index in [0.717, 1.165) is 27.4 Å². The van der Waals surface area contributed by atoms with Gasteiger partial charge in [0.15, 0.2) is 0 Å². The molecule has 0 spiro atoms. The predicted molar refractivity (Wildman–Crippen MR) is 127 cm³/mol. The summed E-state index contributed by atoms with van der Waals surface area (Å²) in [5, 5.41) is 0. The first-order valence-electron chi connectivity index (χ1n) is 8.82. The van der Waals surface area contributed by atoms with E-state index in [0.29, 0.717) is 11.1 Å². The molecule has 0 atom stereocenters. The molecule has 0 saturated carbocycles. The van der Waals surface area contributed by atoms with Crippen LogP contribution in [0.3, 0.4) is 0 Å². The van der Waals surface area contributed by atoms with Crippen molar-refractivity contribution in [2.45, 2.75) is 33.6 Å². The van der Waals surface area contributed by atoms with E-state index in [2.05, 4.69) is 56.5 Å². The monoisotopic (exact) mass is 616 g/mol. The summed E-state index contributed by atoms with van der Waals surface area (Å²) in [6.07, 6.45) is 1.85. The fourth-order valence-corrected chi connectivity index (χ4v) is 3.44. The third kappa shape index (κ3) is 11.3. The molecule has 0 aliphatic carbocycles. The van der Waals surface area contributed by atoms with Crippen molar-refractivity contribution >= 4 is 66.9 Å². The third-order valence-corrected chi connectivity index (χ3v) is 4.85. The number of aryl methyl sites for hydroxylation is 2. The van der Waals surface area contributed by atoms with Crippen LogP contribution in [0.5, 0.6) is 0 Å². The van der Waals surface area contributed by atoms with Gasteiger partial charge in [-0.05, 0) is 64.2 Å². The molecule has 30 heavy (non-hydrogen) atoms. The number of benzene rings is 2. The van der Waals surface area contributed by atoms with Gasteiger partial charge in [0.1, 0.15) is 0 Å². The minimum Gasteiger partial charge on any atom is -1.00 e. The van der Waals surface area contributed by atoms with Crippen molar-refractivity contribution in [2.24, 2.45) is 0 Å². The zero-order chi connectivity index (χ0) is 21.7.